The summed E-state index contributed by atoms with van der Waals surface area (Å²) < 4.78 is 5.60. The maximum Gasteiger partial charge on any atom is 0.100 e. The number of ether oxygens (including phenoxy) is 1. The second kappa shape index (κ2) is 6.88. The Labute approximate surface area is 87.9 Å². The van der Waals surface area contributed by atoms with E-state index in [0.717, 1.165) is 25.3 Å². The topological polar surface area (TPSA) is 12.5 Å². The minimum Gasteiger partial charge on any atom is -0.497 e. The zero-order valence-electron chi connectivity index (χ0n) is 9.59. The van der Waals surface area contributed by atoms with Gasteiger partial charge in [0.25, 0.3) is 0 Å². The Morgan fingerprint density at radius 3 is 2.64 bits per heavy atom. The molecule has 1 fully saturated rings. The maximum atomic E-state index is 5.60. The van der Waals surface area contributed by atoms with Gasteiger partial charge in [-0.05, 0) is 45.4 Å². The van der Waals surface area contributed by atoms with E-state index < -0.39 is 0 Å². The molecule has 0 saturated carbocycles. The van der Waals surface area contributed by atoms with Crippen molar-refractivity contribution in [3.8, 4) is 0 Å². The van der Waals surface area contributed by atoms with Crippen molar-refractivity contribution in [2.75, 3.05) is 26.2 Å². The molecule has 0 bridgehead atoms. The quantitative estimate of drug-likeness (QED) is 0.628. The highest BCUT2D eigenvalue weighted by molar-refractivity contribution is 4.87. The predicted octanol–water partition coefficient (Wildman–Crippen LogP) is 2.80. The average Bonchev–Trinajstić information content (AvgIpc) is 2.20. The number of rotatable bonds is 5. The van der Waals surface area contributed by atoms with E-state index >= 15 is 0 Å². The summed E-state index contributed by atoms with van der Waals surface area (Å²) in [7, 11) is 0. The SMILES string of the molecule is CC/C=C(\C)OCCN1CCCCC1. The van der Waals surface area contributed by atoms with E-state index in [0.29, 0.717) is 0 Å². The second-order valence-electron chi connectivity index (χ2n) is 3.97. The lowest BCUT2D eigenvalue weighted by Crippen LogP contribution is -2.32. The van der Waals surface area contributed by atoms with Gasteiger partial charge in [-0.15, -0.1) is 0 Å². The van der Waals surface area contributed by atoms with Crippen molar-refractivity contribution >= 4 is 0 Å². The summed E-state index contributed by atoms with van der Waals surface area (Å²) in [6.07, 6.45) is 7.34. The van der Waals surface area contributed by atoms with E-state index in [2.05, 4.69) is 17.9 Å². The Kier molecular flexibility index (Phi) is 5.69. The van der Waals surface area contributed by atoms with Crippen LogP contribution >= 0.6 is 0 Å². The highest BCUT2D eigenvalue weighted by Crippen LogP contribution is 2.08. The molecule has 0 N–H and O–H groups in total. The van der Waals surface area contributed by atoms with Gasteiger partial charge in [0, 0.05) is 6.54 Å². The molecule has 0 aromatic rings. The molecular formula is C12H23NO. The van der Waals surface area contributed by atoms with E-state index in [9.17, 15) is 0 Å². The molecule has 0 aromatic carbocycles. The van der Waals surface area contributed by atoms with Crippen LogP contribution in [0, 0.1) is 0 Å². The van der Waals surface area contributed by atoms with Gasteiger partial charge in [0.1, 0.15) is 6.61 Å². The summed E-state index contributed by atoms with van der Waals surface area (Å²) in [5, 5.41) is 0. The molecule has 0 unspecified atom stereocenters. The predicted molar refractivity (Wildman–Crippen MR) is 60.3 cm³/mol. The minimum absolute atomic E-state index is 0.850. The summed E-state index contributed by atoms with van der Waals surface area (Å²) in [5.41, 5.74) is 0. The van der Waals surface area contributed by atoms with Gasteiger partial charge < -0.3 is 4.74 Å². The van der Waals surface area contributed by atoms with Gasteiger partial charge in [-0.3, -0.25) is 4.90 Å². The summed E-state index contributed by atoms with van der Waals surface area (Å²) in [5.74, 6) is 1.07. The summed E-state index contributed by atoms with van der Waals surface area (Å²) >= 11 is 0. The summed E-state index contributed by atoms with van der Waals surface area (Å²) in [4.78, 5) is 2.50. The van der Waals surface area contributed by atoms with Gasteiger partial charge in [-0.2, -0.15) is 0 Å². The van der Waals surface area contributed by atoms with Crippen molar-refractivity contribution in [3.63, 3.8) is 0 Å². The monoisotopic (exact) mass is 197 g/mol. The van der Waals surface area contributed by atoms with E-state index in [-0.39, 0.29) is 0 Å². The van der Waals surface area contributed by atoms with E-state index in [1.807, 2.05) is 6.92 Å². The largest absolute Gasteiger partial charge is 0.497 e. The van der Waals surface area contributed by atoms with E-state index in [1.165, 1.54) is 32.4 Å². The first-order valence-corrected chi connectivity index (χ1v) is 5.85. The van der Waals surface area contributed by atoms with Crippen LogP contribution in [0.1, 0.15) is 39.5 Å². The Balaban J connectivity index is 2.05. The lowest BCUT2D eigenvalue weighted by Gasteiger charge is -2.26. The zero-order chi connectivity index (χ0) is 10.2. The van der Waals surface area contributed by atoms with E-state index in [1.54, 1.807) is 0 Å². The van der Waals surface area contributed by atoms with Crippen molar-refractivity contribution in [3.05, 3.63) is 11.8 Å². The Morgan fingerprint density at radius 2 is 2.00 bits per heavy atom. The van der Waals surface area contributed by atoms with Crippen molar-refractivity contribution in [1.82, 2.24) is 4.90 Å². The first-order chi connectivity index (χ1) is 6.83. The van der Waals surface area contributed by atoms with Gasteiger partial charge in [-0.1, -0.05) is 13.3 Å². The summed E-state index contributed by atoms with van der Waals surface area (Å²) in [6.45, 7) is 8.65. The Hall–Kier alpha value is -0.500. The Bertz CT molecular complexity index is 171. The molecule has 0 atom stereocenters. The number of hydrogen-bond donors (Lipinski definition) is 0. The minimum atomic E-state index is 0.850. The lowest BCUT2D eigenvalue weighted by atomic mass is 10.1. The molecule has 0 aromatic heterocycles. The van der Waals surface area contributed by atoms with Gasteiger partial charge in [0.05, 0.1) is 5.76 Å². The molecular weight excluding hydrogens is 174 g/mol. The molecule has 14 heavy (non-hydrogen) atoms. The molecule has 1 saturated heterocycles. The Morgan fingerprint density at radius 1 is 1.29 bits per heavy atom. The number of hydrogen-bond acceptors (Lipinski definition) is 2. The van der Waals surface area contributed by atoms with Crippen LogP contribution in [0.2, 0.25) is 0 Å². The third kappa shape index (κ3) is 4.66. The molecule has 82 valence electrons. The second-order valence-corrected chi connectivity index (χ2v) is 3.97. The number of nitrogens with zero attached hydrogens (tertiary/aromatic N) is 1. The van der Waals surface area contributed by atoms with E-state index in [4.69, 9.17) is 4.74 Å². The van der Waals surface area contributed by atoms with Gasteiger partial charge in [0.15, 0.2) is 0 Å². The van der Waals surface area contributed by atoms with Gasteiger partial charge in [-0.25, -0.2) is 0 Å². The van der Waals surface area contributed by atoms with Crippen LogP contribution in [0.3, 0.4) is 0 Å². The first-order valence-electron chi connectivity index (χ1n) is 5.85. The highest BCUT2D eigenvalue weighted by atomic mass is 16.5. The molecule has 0 spiro atoms. The van der Waals surface area contributed by atoms with Crippen molar-refractivity contribution in [1.29, 1.82) is 0 Å². The average molecular weight is 197 g/mol. The standard InChI is InChI=1S/C12H23NO/c1-3-7-12(2)14-11-10-13-8-5-4-6-9-13/h7H,3-6,8-11H2,1-2H3/b12-7+. The molecule has 0 aliphatic carbocycles. The van der Waals surface area contributed by atoms with Crippen LogP contribution in [0.15, 0.2) is 11.8 Å². The fourth-order valence-electron chi connectivity index (χ4n) is 1.87. The lowest BCUT2D eigenvalue weighted by molar-refractivity contribution is 0.143. The number of piperidine rings is 1. The van der Waals surface area contributed by atoms with Crippen molar-refractivity contribution in [2.45, 2.75) is 39.5 Å². The molecule has 2 heteroatoms. The molecule has 0 amide bonds. The molecule has 1 aliphatic heterocycles. The van der Waals surface area contributed by atoms with Crippen LogP contribution in [0.25, 0.3) is 0 Å². The molecule has 2 nitrogen and oxygen atoms in total. The van der Waals surface area contributed by atoms with Crippen LogP contribution in [0.4, 0.5) is 0 Å². The third-order valence-electron chi connectivity index (χ3n) is 2.68. The highest BCUT2D eigenvalue weighted by Gasteiger charge is 2.08. The summed E-state index contributed by atoms with van der Waals surface area (Å²) in [6, 6.07) is 0. The maximum absolute atomic E-state index is 5.60. The number of likely N-dealkylation sites (tertiary alicyclic amines) is 1. The van der Waals surface area contributed by atoms with Crippen LogP contribution < -0.4 is 0 Å². The zero-order valence-corrected chi connectivity index (χ0v) is 9.59. The fraction of sp³-hybridized carbons (Fsp3) is 0.833. The van der Waals surface area contributed by atoms with Crippen LogP contribution in [0.5, 0.6) is 0 Å². The third-order valence-corrected chi connectivity index (χ3v) is 2.68. The molecule has 1 heterocycles. The normalized spacial score (nSPS) is 19.7. The molecule has 0 radical (unpaired) electrons. The van der Waals surface area contributed by atoms with Gasteiger partial charge in [0.2, 0.25) is 0 Å². The van der Waals surface area contributed by atoms with Crippen LogP contribution in [-0.4, -0.2) is 31.1 Å². The van der Waals surface area contributed by atoms with Crippen molar-refractivity contribution < 1.29 is 4.74 Å². The smallest absolute Gasteiger partial charge is 0.100 e. The molecule has 1 aliphatic rings. The van der Waals surface area contributed by atoms with Crippen molar-refractivity contribution in [2.24, 2.45) is 0 Å². The number of allylic oxidation sites excluding steroid dienone is 2. The fourth-order valence-corrected chi connectivity index (χ4v) is 1.87. The van der Waals surface area contributed by atoms with Crippen LogP contribution in [-0.2, 0) is 4.74 Å². The van der Waals surface area contributed by atoms with Gasteiger partial charge >= 0.3 is 0 Å². The molecule has 1 rings (SSSR count). The first kappa shape index (κ1) is 11.6.